The van der Waals surface area contributed by atoms with Gasteiger partial charge in [0.1, 0.15) is 0 Å². The Labute approximate surface area is 108 Å². The summed E-state index contributed by atoms with van der Waals surface area (Å²) in [5.41, 5.74) is 7.68. The fourth-order valence-corrected chi connectivity index (χ4v) is 2.23. The van der Waals surface area contributed by atoms with Crippen LogP contribution in [0.3, 0.4) is 0 Å². The largest absolute Gasteiger partial charge is 0.279 e. The third kappa shape index (κ3) is 3.06. The second kappa shape index (κ2) is 5.63. The van der Waals surface area contributed by atoms with Crippen molar-refractivity contribution in [1.82, 2.24) is 10.4 Å². The predicted molar refractivity (Wildman–Crippen MR) is 75.3 cm³/mol. The second-order valence-corrected chi connectivity index (χ2v) is 4.77. The quantitative estimate of drug-likeness (QED) is 0.650. The molecule has 18 heavy (non-hydrogen) atoms. The van der Waals surface area contributed by atoms with E-state index in [1.165, 1.54) is 11.1 Å². The minimum atomic E-state index is 0.582. The summed E-state index contributed by atoms with van der Waals surface area (Å²) in [6.07, 6.45) is 8.32. The van der Waals surface area contributed by atoms with Gasteiger partial charge in [0.15, 0.2) is 0 Å². The van der Waals surface area contributed by atoms with Gasteiger partial charge in [0, 0.05) is 18.6 Å². The highest BCUT2D eigenvalue weighted by Gasteiger charge is 2.13. The molecule has 0 bridgehead atoms. The van der Waals surface area contributed by atoms with Gasteiger partial charge in [0.25, 0.3) is 0 Å². The van der Waals surface area contributed by atoms with Crippen LogP contribution in [0.5, 0.6) is 0 Å². The Kier molecular flexibility index (Phi) is 3.92. The van der Waals surface area contributed by atoms with Gasteiger partial charge in [-0.25, -0.2) is 0 Å². The second-order valence-electron chi connectivity index (χ2n) is 4.77. The lowest BCUT2D eigenvalue weighted by Gasteiger charge is -2.19. The average Bonchev–Trinajstić information content (AvgIpc) is 2.33. The van der Waals surface area contributed by atoms with Gasteiger partial charge in [-0.3, -0.25) is 10.4 Å². The van der Waals surface area contributed by atoms with Gasteiger partial charge < -0.3 is 0 Å². The number of hydrazone groups is 1. The number of aromatic nitrogens is 1. The highest BCUT2D eigenvalue weighted by molar-refractivity contribution is 5.38. The first-order valence-electron chi connectivity index (χ1n) is 6.23. The van der Waals surface area contributed by atoms with Crippen molar-refractivity contribution in [3.05, 3.63) is 53.0 Å². The molecule has 1 aliphatic carbocycles. The van der Waals surface area contributed by atoms with Crippen molar-refractivity contribution < 1.29 is 0 Å². The molecular weight excluding hydrogens is 222 g/mol. The van der Waals surface area contributed by atoms with Gasteiger partial charge in [-0.2, -0.15) is 5.10 Å². The van der Waals surface area contributed by atoms with Crippen molar-refractivity contribution in [1.29, 1.82) is 0 Å². The molecule has 3 nitrogen and oxygen atoms in total. The monoisotopic (exact) mass is 241 g/mol. The molecule has 1 unspecified atom stereocenters. The van der Waals surface area contributed by atoms with E-state index in [0.717, 1.165) is 24.2 Å². The third-order valence-electron chi connectivity index (χ3n) is 3.08. The molecule has 1 aromatic rings. The highest BCUT2D eigenvalue weighted by atomic mass is 15.3. The molecule has 2 rings (SSSR count). The zero-order valence-electron chi connectivity index (χ0n) is 11.0. The molecule has 0 aliphatic heterocycles. The zero-order valence-corrected chi connectivity index (χ0v) is 11.0. The number of hydrogen-bond donors (Lipinski definition) is 1. The molecule has 0 radical (unpaired) electrons. The van der Waals surface area contributed by atoms with E-state index in [-0.39, 0.29) is 0 Å². The molecule has 0 spiro atoms. The Morgan fingerprint density at radius 2 is 2.39 bits per heavy atom. The Bertz CT molecular complexity index is 500. The molecule has 0 saturated heterocycles. The van der Waals surface area contributed by atoms with E-state index in [0.29, 0.717) is 5.92 Å². The molecule has 1 atom stereocenters. The minimum Gasteiger partial charge on any atom is -0.279 e. The van der Waals surface area contributed by atoms with E-state index >= 15 is 0 Å². The van der Waals surface area contributed by atoms with Crippen LogP contribution in [-0.2, 0) is 6.42 Å². The van der Waals surface area contributed by atoms with Crippen molar-refractivity contribution in [2.75, 3.05) is 0 Å². The summed E-state index contributed by atoms with van der Waals surface area (Å²) < 4.78 is 0. The maximum Gasteiger partial charge on any atom is 0.0554 e. The molecule has 0 aromatic carbocycles. The molecule has 0 amide bonds. The normalized spacial score (nSPS) is 18.9. The van der Waals surface area contributed by atoms with Gasteiger partial charge in [-0.1, -0.05) is 19.1 Å². The van der Waals surface area contributed by atoms with Crippen molar-refractivity contribution >= 4 is 6.72 Å². The van der Waals surface area contributed by atoms with Gasteiger partial charge in [-0.05, 0) is 49.0 Å². The Morgan fingerprint density at radius 1 is 1.56 bits per heavy atom. The Balaban J connectivity index is 2.19. The Hall–Kier alpha value is -1.90. The maximum atomic E-state index is 4.22. The van der Waals surface area contributed by atoms with Crippen molar-refractivity contribution in [3.8, 4) is 0 Å². The number of rotatable bonds is 4. The van der Waals surface area contributed by atoms with Crippen LogP contribution in [0.4, 0.5) is 0 Å². The standard InChI is InChI=1S/C15H19N3/c1-11-4-5-15(18-16-3)14(8-11)10-13-6-7-17-12(2)9-13/h5-9,11,18H,3-4,10H2,1-2H3. The van der Waals surface area contributed by atoms with Crippen LogP contribution in [0.25, 0.3) is 0 Å². The molecular formula is C15H19N3. The molecule has 0 saturated carbocycles. The Morgan fingerprint density at radius 3 is 3.11 bits per heavy atom. The van der Waals surface area contributed by atoms with Crippen molar-refractivity contribution in [2.45, 2.75) is 26.7 Å². The first-order chi connectivity index (χ1) is 8.69. The fourth-order valence-electron chi connectivity index (χ4n) is 2.23. The van der Waals surface area contributed by atoms with E-state index < -0.39 is 0 Å². The minimum absolute atomic E-state index is 0.582. The highest BCUT2D eigenvalue weighted by Crippen LogP contribution is 2.24. The van der Waals surface area contributed by atoms with E-state index in [1.807, 2.05) is 13.1 Å². The molecule has 1 N–H and O–H groups in total. The summed E-state index contributed by atoms with van der Waals surface area (Å²) in [5, 5.41) is 3.77. The first kappa shape index (κ1) is 12.6. The summed E-state index contributed by atoms with van der Waals surface area (Å²) in [6, 6.07) is 4.19. The van der Waals surface area contributed by atoms with E-state index in [1.54, 1.807) is 0 Å². The average molecular weight is 241 g/mol. The van der Waals surface area contributed by atoms with Crippen LogP contribution < -0.4 is 5.43 Å². The number of nitrogens with zero attached hydrogens (tertiary/aromatic N) is 2. The molecule has 1 heterocycles. The summed E-state index contributed by atoms with van der Waals surface area (Å²) in [7, 11) is 0. The van der Waals surface area contributed by atoms with Crippen LogP contribution in [0.15, 0.2) is 46.9 Å². The third-order valence-corrected chi connectivity index (χ3v) is 3.08. The predicted octanol–water partition coefficient (Wildman–Crippen LogP) is 2.99. The van der Waals surface area contributed by atoms with E-state index in [4.69, 9.17) is 0 Å². The lowest BCUT2D eigenvalue weighted by molar-refractivity contribution is 0.698. The van der Waals surface area contributed by atoms with Crippen LogP contribution in [0, 0.1) is 12.8 Å². The number of nitrogens with one attached hydrogen (secondary N) is 1. The molecule has 0 fully saturated rings. The molecule has 94 valence electrons. The SMILES string of the molecule is C=NNC1=CCC(C)C=C1Cc1ccnc(C)c1. The van der Waals surface area contributed by atoms with Crippen LogP contribution >= 0.6 is 0 Å². The lowest BCUT2D eigenvalue weighted by atomic mass is 9.91. The molecule has 3 heteroatoms. The summed E-state index contributed by atoms with van der Waals surface area (Å²) in [5.74, 6) is 0.582. The lowest BCUT2D eigenvalue weighted by Crippen LogP contribution is -2.14. The maximum absolute atomic E-state index is 4.22. The fraction of sp³-hybridized carbons (Fsp3) is 0.333. The van der Waals surface area contributed by atoms with Gasteiger partial charge in [0.2, 0.25) is 0 Å². The van der Waals surface area contributed by atoms with E-state index in [9.17, 15) is 0 Å². The van der Waals surface area contributed by atoms with Gasteiger partial charge >= 0.3 is 0 Å². The van der Waals surface area contributed by atoms with E-state index in [2.05, 4.69) is 53.4 Å². The topological polar surface area (TPSA) is 37.3 Å². The summed E-state index contributed by atoms with van der Waals surface area (Å²) >= 11 is 0. The zero-order chi connectivity index (χ0) is 13.0. The van der Waals surface area contributed by atoms with Gasteiger partial charge in [0.05, 0.1) is 5.70 Å². The first-order valence-corrected chi connectivity index (χ1v) is 6.23. The van der Waals surface area contributed by atoms with Crippen molar-refractivity contribution in [2.24, 2.45) is 11.0 Å². The number of pyridine rings is 1. The summed E-state index contributed by atoms with van der Waals surface area (Å²) in [6.45, 7) is 7.73. The smallest absolute Gasteiger partial charge is 0.0554 e. The number of allylic oxidation sites excluding steroid dienone is 3. The molecule has 1 aromatic heterocycles. The van der Waals surface area contributed by atoms with Crippen LogP contribution in [0.1, 0.15) is 24.6 Å². The number of aryl methyl sites for hydroxylation is 1. The summed E-state index contributed by atoms with van der Waals surface area (Å²) in [4.78, 5) is 4.22. The van der Waals surface area contributed by atoms with Gasteiger partial charge in [-0.15, -0.1) is 0 Å². The van der Waals surface area contributed by atoms with Crippen LogP contribution in [0.2, 0.25) is 0 Å². The van der Waals surface area contributed by atoms with Crippen LogP contribution in [-0.4, -0.2) is 11.7 Å². The molecule has 1 aliphatic rings. The number of hydrogen-bond acceptors (Lipinski definition) is 3. The van der Waals surface area contributed by atoms with Crippen molar-refractivity contribution in [3.63, 3.8) is 0 Å².